The summed E-state index contributed by atoms with van der Waals surface area (Å²) in [5.41, 5.74) is 2.12. The van der Waals surface area contributed by atoms with Crippen molar-refractivity contribution in [2.24, 2.45) is 4.99 Å². The molecule has 1 aliphatic rings. The average Bonchev–Trinajstić information content (AvgIpc) is 3.03. The van der Waals surface area contributed by atoms with Crippen molar-refractivity contribution in [2.75, 3.05) is 12.3 Å². The van der Waals surface area contributed by atoms with E-state index in [1.807, 2.05) is 24.3 Å². The molecule has 0 spiro atoms. The van der Waals surface area contributed by atoms with Crippen molar-refractivity contribution in [3.05, 3.63) is 63.9 Å². The summed E-state index contributed by atoms with van der Waals surface area (Å²) in [5.74, 6) is 1.05. The molecule has 1 saturated heterocycles. The fourth-order valence-electron chi connectivity index (χ4n) is 2.33. The summed E-state index contributed by atoms with van der Waals surface area (Å²) in [7, 11) is 0. The number of nitrogens with zero attached hydrogens (tertiary/aromatic N) is 2. The van der Waals surface area contributed by atoms with E-state index in [-0.39, 0.29) is 6.04 Å². The van der Waals surface area contributed by atoms with Crippen LogP contribution in [0.5, 0.6) is 0 Å². The maximum Gasteiger partial charge on any atom is 0.157 e. The average molecular weight is 352 g/mol. The van der Waals surface area contributed by atoms with E-state index in [1.165, 1.54) is 5.56 Å². The Kier molecular flexibility index (Phi) is 5.24. The summed E-state index contributed by atoms with van der Waals surface area (Å²) in [6, 6.07) is 9.64. The van der Waals surface area contributed by atoms with Gasteiger partial charge >= 0.3 is 0 Å². The van der Waals surface area contributed by atoms with Crippen LogP contribution in [0.4, 0.5) is 0 Å². The molecule has 1 atom stereocenters. The first-order valence-electron chi connectivity index (χ1n) is 7.01. The second-order valence-electron chi connectivity index (χ2n) is 4.93. The third kappa shape index (κ3) is 3.75. The minimum atomic E-state index is -0.0679. The normalized spacial score (nSPS) is 17.5. The number of aliphatic imine (C=N–C) groups is 1. The third-order valence-electron chi connectivity index (χ3n) is 3.41. The zero-order chi connectivity index (χ0) is 15.4. The van der Waals surface area contributed by atoms with E-state index in [9.17, 15) is 0 Å². The molecule has 1 unspecified atom stereocenters. The van der Waals surface area contributed by atoms with Crippen molar-refractivity contribution in [3.8, 4) is 0 Å². The van der Waals surface area contributed by atoms with Crippen LogP contribution in [0.3, 0.4) is 0 Å². The molecule has 1 N–H and O–H groups in total. The van der Waals surface area contributed by atoms with Crippen LogP contribution in [0.2, 0.25) is 10.0 Å². The quantitative estimate of drug-likeness (QED) is 0.888. The molecule has 3 rings (SSSR count). The molecule has 0 radical (unpaired) electrons. The molecular weight excluding hydrogens is 337 g/mol. The Labute approximate surface area is 144 Å². The largest absolute Gasteiger partial charge is 0.364 e. The van der Waals surface area contributed by atoms with Gasteiger partial charge < -0.3 is 5.32 Å². The minimum Gasteiger partial charge on any atom is -0.364 e. The van der Waals surface area contributed by atoms with E-state index >= 15 is 0 Å². The Balaban J connectivity index is 1.95. The van der Waals surface area contributed by atoms with Crippen LogP contribution in [-0.2, 0) is 6.42 Å². The van der Waals surface area contributed by atoms with Gasteiger partial charge in [0.1, 0.15) is 0 Å². The predicted molar refractivity (Wildman–Crippen MR) is 95.0 cm³/mol. The lowest BCUT2D eigenvalue weighted by Gasteiger charge is -2.16. The Morgan fingerprint density at radius 2 is 2.05 bits per heavy atom. The number of aromatic nitrogens is 1. The van der Waals surface area contributed by atoms with Gasteiger partial charge in [0.2, 0.25) is 0 Å². The molecule has 0 aliphatic carbocycles. The number of benzene rings is 1. The molecule has 6 heteroatoms. The number of hydrogen-bond acceptors (Lipinski definition) is 3. The molecular formula is C16H15Cl2N3S. The lowest BCUT2D eigenvalue weighted by molar-refractivity contribution is 0.721. The van der Waals surface area contributed by atoms with Gasteiger partial charge in [0.25, 0.3) is 0 Å². The van der Waals surface area contributed by atoms with E-state index in [1.54, 1.807) is 30.2 Å². The minimum absolute atomic E-state index is 0.0679. The first-order valence-corrected chi connectivity index (χ1v) is 8.75. The van der Waals surface area contributed by atoms with Gasteiger partial charge in [-0.05, 0) is 35.7 Å². The molecule has 22 heavy (non-hydrogen) atoms. The molecule has 114 valence electrons. The smallest absolute Gasteiger partial charge is 0.157 e. The van der Waals surface area contributed by atoms with Crippen molar-refractivity contribution >= 4 is 40.1 Å². The highest BCUT2D eigenvalue weighted by Gasteiger charge is 2.19. The highest BCUT2D eigenvalue weighted by molar-refractivity contribution is 8.14. The molecule has 1 aromatic carbocycles. The SMILES string of the molecule is Clc1cccc(C(Cc2ccncc2)/N=C2/NCCS2)c1Cl. The van der Waals surface area contributed by atoms with E-state index in [2.05, 4.69) is 10.3 Å². The van der Waals surface area contributed by atoms with Crippen molar-refractivity contribution in [3.63, 3.8) is 0 Å². The molecule has 0 amide bonds. The fraction of sp³-hybridized carbons (Fsp3) is 0.250. The van der Waals surface area contributed by atoms with Gasteiger partial charge in [-0.25, -0.2) is 0 Å². The Morgan fingerprint density at radius 1 is 1.23 bits per heavy atom. The summed E-state index contributed by atoms with van der Waals surface area (Å²) < 4.78 is 0. The van der Waals surface area contributed by atoms with Gasteiger partial charge in [0.05, 0.1) is 16.1 Å². The first kappa shape index (κ1) is 15.7. The van der Waals surface area contributed by atoms with E-state index < -0.39 is 0 Å². The molecule has 3 nitrogen and oxygen atoms in total. The lowest BCUT2D eigenvalue weighted by atomic mass is 10.00. The number of hydrogen-bond donors (Lipinski definition) is 1. The van der Waals surface area contributed by atoms with Crippen LogP contribution >= 0.6 is 35.0 Å². The van der Waals surface area contributed by atoms with Crippen LogP contribution in [-0.4, -0.2) is 22.4 Å². The highest BCUT2D eigenvalue weighted by Crippen LogP contribution is 2.34. The second kappa shape index (κ2) is 7.36. The van der Waals surface area contributed by atoms with Crippen LogP contribution in [0.25, 0.3) is 0 Å². The summed E-state index contributed by atoms with van der Waals surface area (Å²) in [5, 5.41) is 5.41. The maximum atomic E-state index is 6.40. The van der Waals surface area contributed by atoms with Gasteiger partial charge in [-0.3, -0.25) is 9.98 Å². The molecule has 2 heterocycles. The topological polar surface area (TPSA) is 37.3 Å². The molecule has 0 bridgehead atoms. The highest BCUT2D eigenvalue weighted by atomic mass is 35.5. The standard InChI is InChI=1S/C16H15Cl2N3S/c17-13-3-1-2-12(15(13)18)14(21-16-20-8-9-22-16)10-11-4-6-19-7-5-11/h1-7,14H,8-10H2,(H,20,21). The molecule has 1 aromatic heterocycles. The Hall–Kier alpha value is -1.23. The number of thioether (sulfide) groups is 1. The zero-order valence-electron chi connectivity index (χ0n) is 11.8. The summed E-state index contributed by atoms with van der Waals surface area (Å²) >= 11 is 14.3. The van der Waals surface area contributed by atoms with Crippen LogP contribution in [0.1, 0.15) is 17.2 Å². The van der Waals surface area contributed by atoms with Gasteiger partial charge in [-0.15, -0.1) is 0 Å². The number of pyridine rings is 1. The zero-order valence-corrected chi connectivity index (χ0v) is 14.1. The lowest BCUT2D eigenvalue weighted by Crippen LogP contribution is -2.15. The van der Waals surface area contributed by atoms with E-state index in [0.29, 0.717) is 10.0 Å². The van der Waals surface area contributed by atoms with E-state index in [4.69, 9.17) is 28.2 Å². The van der Waals surface area contributed by atoms with Crippen molar-refractivity contribution < 1.29 is 0 Å². The summed E-state index contributed by atoms with van der Waals surface area (Å²) in [4.78, 5) is 8.91. The van der Waals surface area contributed by atoms with Crippen LogP contribution in [0, 0.1) is 0 Å². The monoisotopic (exact) mass is 351 g/mol. The summed E-state index contributed by atoms with van der Waals surface area (Å²) in [6.45, 7) is 0.953. The van der Waals surface area contributed by atoms with Crippen LogP contribution < -0.4 is 5.32 Å². The van der Waals surface area contributed by atoms with Gasteiger partial charge in [-0.1, -0.05) is 47.1 Å². The number of nitrogens with one attached hydrogen (secondary N) is 1. The maximum absolute atomic E-state index is 6.40. The molecule has 0 saturated carbocycles. The first-order chi connectivity index (χ1) is 10.7. The fourth-order valence-corrected chi connectivity index (χ4v) is 3.56. The van der Waals surface area contributed by atoms with Crippen molar-refractivity contribution in [1.29, 1.82) is 0 Å². The van der Waals surface area contributed by atoms with E-state index in [0.717, 1.165) is 29.4 Å². The number of rotatable bonds is 4. The number of amidine groups is 1. The Bertz CT molecular complexity index is 668. The number of halogens is 2. The third-order valence-corrected chi connectivity index (χ3v) is 5.17. The van der Waals surface area contributed by atoms with Gasteiger partial charge in [-0.2, -0.15) is 0 Å². The Morgan fingerprint density at radius 3 is 2.77 bits per heavy atom. The summed E-state index contributed by atoms with van der Waals surface area (Å²) in [6.07, 6.45) is 4.34. The van der Waals surface area contributed by atoms with Crippen molar-refractivity contribution in [1.82, 2.24) is 10.3 Å². The van der Waals surface area contributed by atoms with Crippen LogP contribution in [0.15, 0.2) is 47.7 Å². The molecule has 1 aliphatic heterocycles. The predicted octanol–water partition coefficient (Wildman–Crippen LogP) is 4.36. The van der Waals surface area contributed by atoms with Gasteiger partial charge in [0.15, 0.2) is 5.17 Å². The van der Waals surface area contributed by atoms with Crippen molar-refractivity contribution in [2.45, 2.75) is 12.5 Å². The second-order valence-corrected chi connectivity index (χ2v) is 6.80. The molecule has 1 fully saturated rings. The molecule has 2 aromatic rings. The van der Waals surface area contributed by atoms with Gasteiger partial charge in [0, 0.05) is 24.7 Å².